The van der Waals surface area contributed by atoms with E-state index in [0.29, 0.717) is 16.4 Å². The van der Waals surface area contributed by atoms with Crippen LogP contribution in [0.25, 0.3) is 11.5 Å². The van der Waals surface area contributed by atoms with Gasteiger partial charge < -0.3 is 9.32 Å². The lowest BCUT2D eigenvalue weighted by Crippen LogP contribution is -2.33. The normalized spacial score (nSPS) is 16.5. The van der Waals surface area contributed by atoms with Crippen LogP contribution >= 0.6 is 23.5 Å². The zero-order valence-electron chi connectivity index (χ0n) is 15.8. The lowest BCUT2D eigenvalue weighted by Gasteiger charge is -2.22. The van der Waals surface area contributed by atoms with Crippen molar-refractivity contribution in [3.63, 3.8) is 0 Å². The molecule has 0 N–H and O–H groups in total. The molecule has 0 unspecified atom stereocenters. The van der Waals surface area contributed by atoms with Gasteiger partial charge in [0.15, 0.2) is 0 Å². The van der Waals surface area contributed by atoms with Crippen molar-refractivity contribution in [2.45, 2.75) is 35.6 Å². The highest BCUT2D eigenvalue weighted by Gasteiger charge is 2.24. The number of anilines is 1. The smallest absolute Gasteiger partial charge is 0.277 e. The summed E-state index contributed by atoms with van der Waals surface area (Å²) in [6.07, 6.45) is 0.966. The first-order chi connectivity index (χ1) is 13.6. The van der Waals surface area contributed by atoms with Gasteiger partial charge in [0, 0.05) is 22.3 Å². The van der Waals surface area contributed by atoms with E-state index in [1.807, 2.05) is 66.1 Å². The van der Waals surface area contributed by atoms with Gasteiger partial charge in [-0.1, -0.05) is 48.5 Å². The molecule has 0 saturated heterocycles. The average Bonchev–Trinajstić information content (AvgIpc) is 3.10. The van der Waals surface area contributed by atoms with Crippen LogP contribution in [-0.4, -0.2) is 33.7 Å². The van der Waals surface area contributed by atoms with Crippen LogP contribution in [0.1, 0.15) is 18.9 Å². The molecule has 3 aromatic rings. The Labute approximate surface area is 172 Å². The lowest BCUT2D eigenvalue weighted by atomic mass is 10.1. The molecule has 0 spiro atoms. The predicted octanol–water partition coefficient (Wildman–Crippen LogP) is 5.05. The van der Waals surface area contributed by atoms with Gasteiger partial charge in [-0.05, 0) is 37.6 Å². The van der Waals surface area contributed by atoms with Crippen molar-refractivity contribution >= 4 is 35.1 Å². The Kier molecular flexibility index (Phi) is 5.73. The first-order valence-electron chi connectivity index (χ1n) is 9.19. The van der Waals surface area contributed by atoms with Gasteiger partial charge in [0.25, 0.3) is 5.22 Å². The van der Waals surface area contributed by atoms with Crippen LogP contribution in [0.15, 0.2) is 63.1 Å². The number of nitrogens with zero attached hydrogens (tertiary/aromatic N) is 3. The molecule has 144 valence electrons. The molecule has 4 rings (SSSR count). The molecule has 2 aromatic carbocycles. The first-order valence-corrected chi connectivity index (χ1v) is 11.1. The maximum Gasteiger partial charge on any atom is 0.277 e. The summed E-state index contributed by atoms with van der Waals surface area (Å²) >= 11 is 3.11. The number of fused-ring (bicyclic) bond motifs is 1. The van der Waals surface area contributed by atoms with Crippen molar-refractivity contribution < 1.29 is 9.21 Å². The molecular formula is C21H21N3O2S2. The summed E-state index contributed by atoms with van der Waals surface area (Å²) in [5.41, 5.74) is 3.05. The third-order valence-corrected chi connectivity index (χ3v) is 6.61. The Hall–Kier alpha value is -2.25. The van der Waals surface area contributed by atoms with Gasteiger partial charge in [-0.15, -0.1) is 22.0 Å². The number of para-hydroxylation sites is 1. The van der Waals surface area contributed by atoms with Crippen LogP contribution in [0.4, 0.5) is 5.69 Å². The van der Waals surface area contributed by atoms with E-state index in [2.05, 4.69) is 23.2 Å². The lowest BCUT2D eigenvalue weighted by molar-refractivity contribution is -0.116. The fraction of sp³-hybridized carbons (Fsp3) is 0.286. The molecule has 0 aliphatic carbocycles. The molecule has 1 atom stereocenters. The van der Waals surface area contributed by atoms with E-state index in [-0.39, 0.29) is 11.7 Å². The van der Waals surface area contributed by atoms with Crippen LogP contribution < -0.4 is 4.90 Å². The molecule has 1 aromatic heterocycles. The van der Waals surface area contributed by atoms with Crippen LogP contribution in [0.2, 0.25) is 0 Å². The third kappa shape index (κ3) is 4.25. The number of aryl methyl sites for hydroxylation is 1. The van der Waals surface area contributed by atoms with E-state index in [1.165, 1.54) is 17.3 Å². The van der Waals surface area contributed by atoms with Gasteiger partial charge in [0.2, 0.25) is 11.8 Å². The van der Waals surface area contributed by atoms with E-state index in [0.717, 1.165) is 29.1 Å². The number of amides is 1. The highest BCUT2D eigenvalue weighted by Crippen LogP contribution is 2.37. The Bertz CT molecular complexity index is 972. The van der Waals surface area contributed by atoms with Gasteiger partial charge in [-0.2, -0.15) is 0 Å². The zero-order valence-corrected chi connectivity index (χ0v) is 17.4. The van der Waals surface area contributed by atoms with Gasteiger partial charge in [-0.3, -0.25) is 4.79 Å². The number of hydrogen-bond acceptors (Lipinski definition) is 6. The average molecular weight is 412 g/mol. The van der Waals surface area contributed by atoms with Gasteiger partial charge in [0.05, 0.1) is 11.4 Å². The van der Waals surface area contributed by atoms with Crippen molar-refractivity contribution in [2.75, 3.05) is 17.2 Å². The number of aromatic nitrogens is 2. The largest absolute Gasteiger partial charge is 0.411 e. The minimum atomic E-state index is 0.0576. The van der Waals surface area contributed by atoms with E-state index >= 15 is 0 Å². The Morgan fingerprint density at radius 1 is 1.21 bits per heavy atom. The second-order valence-corrected chi connectivity index (χ2v) is 9.16. The second-order valence-electron chi connectivity index (χ2n) is 6.76. The molecule has 0 fully saturated rings. The fourth-order valence-electron chi connectivity index (χ4n) is 3.03. The quantitative estimate of drug-likeness (QED) is 0.560. The van der Waals surface area contributed by atoms with Crippen molar-refractivity contribution in [1.29, 1.82) is 0 Å². The highest BCUT2D eigenvalue weighted by atomic mass is 32.2. The summed E-state index contributed by atoms with van der Waals surface area (Å²) in [5.74, 6) is 0.797. The van der Waals surface area contributed by atoms with Gasteiger partial charge >= 0.3 is 0 Å². The summed E-state index contributed by atoms with van der Waals surface area (Å²) in [4.78, 5) is 16.0. The van der Waals surface area contributed by atoms with Crippen LogP contribution in [0.5, 0.6) is 0 Å². The number of carbonyl (C=O) groups is 1. The van der Waals surface area contributed by atoms with Crippen molar-refractivity contribution in [3.05, 3.63) is 54.1 Å². The zero-order chi connectivity index (χ0) is 19.5. The summed E-state index contributed by atoms with van der Waals surface area (Å²) in [6.45, 7) is 4.96. The second kappa shape index (κ2) is 8.41. The van der Waals surface area contributed by atoms with Gasteiger partial charge in [0.1, 0.15) is 0 Å². The van der Waals surface area contributed by atoms with Crippen molar-refractivity contribution in [3.8, 4) is 11.5 Å². The van der Waals surface area contributed by atoms with Crippen LogP contribution in [0.3, 0.4) is 0 Å². The highest BCUT2D eigenvalue weighted by molar-refractivity contribution is 8.00. The predicted molar refractivity (Wildman–Crippen MR) is 114 cm³/mol. The third-order valence-electron chi connectivity index (χ3n) is 4.57. The molecular weight excluding hydrogens is 390 g/mol. The summed E-state index contributed by atoms with van der Waals surface area (Å²) in [6, 6.07) is 16.0. The summed E-state index contributed by atoms with van der Waals surface area (Å²) < 4.78 is 5.72. The van der Waals surface area contributed by atoms with Crippen LogP contribution in [0, 0.1) is 6.92 Å². The molecule has 28 heavy (non-hydrogen) atoms. The summed E-state index contributed by atoms with van der Waals surface area (Å²) in [5, 5.41) is 9.08. The number of hydrogen-bond donors (Lipinski definition) is 0. The minimum absolute atomic E-state index is 0.0576. The molecule has 1 amide bonds. The standard InChI is InChI=1S/C21H21N3O2S2/c1-14-7-9-16(10-8-14)20-22-23-21(26-20)27-13-19(25)24-12-11-15(2)28-18-6-4-3-5-17(18)24/h3-10,15H,11-13H2,1-2H3/t15-/m1/s1. The number of rotatable bonds is 4. The topological polar surface area (TPSA) is 59.2 Å². The van der Waals surface area contributed by atoms with E-state index in [4.69, 9.17) is 4.42 Å². The monoisotopic (exact) mass is 411 g/mol. The fourth-order valence-corrected chi connectivity index (χ4v) is 4.78. The number of carbonyl (C=O) groups excluding carboxylic acids is 1. The molecule has 0 radical (unpaired) electrons. The summed E-state index contributed by atoms with van der Waals surface area (Å²) in [7, 11) is 0. The molecule has 7 heteroatoms. The Morgan fingerprint density at radius 2 is 2.00 bits per heavy atom. The Balaban J connectivity index is 1.44. The molecule has 2 heterocycles. The molecule has 0 saturated carbocycles. The maximum absolute atomic E-state index is 12.9. The number of thioether (sulfide) groups is 2. The van der Waals surface area contributed by atoms with Crippen molar-refractivity contribution in [1.82, 2.24) is 10.2 Å². The maximum atomic E-state index is 12.9. The molecule has 1 aliphatic heterocycles. The van der Waals surface area contributed by atoms with Crippen molar-refractivity contribution in [2.24, 2.45) is 0 Å². The van der Waals surface area contributed by atoms with Crippen LogP contribution in [-0.2, 0) is 4.79 Å². The minimum Gasteiger partial charge on any atom is -0.411 e. The van der Waals surface area contributed by atoms with E-state index < -0.39 is 0 Å². The molecule has 1 aliphatic rings. The molecule has 5 nitrogen and oxygen atoms in total. The van der Waals surface area contributed by atoms with E-state index in [1.54, 1.807) is 0 Å². The van der Waals surface area contributed by atoms with Gasteiger partial charge in [-0.25, -0.2) is 0 Å². The first kappa shape index (κ1) is 19.1. The molecule has 0 bridgehead atoms. The SMILES string of the molecule is Cc1ccc(-c2nnc(SCC(=O)N3CC[C@@H](C)Sc4ccccc43)o2)cc1. The number of benzene rings is 2. The van der Waals surface area contributed by atoms with E-state index in [9.17, 15) is 4.79 Å². The Morgan fingerprint density at radius 3 is 2.82 bits per heavy atom.